The standard InChI is InChI=1S/C32H33N5O4/c1-21(38)36-16-13-24-17-26(10-9-25(24)20-36)33-31(23-7-5-22(6-8-23)19-35-14-3-2-4-15-35)30-28-18-27(37(40)41)11-12-29(28)34-32(30)39/h5-12,17-18,34,39H,2-4,13-16,19-20H2,1H3. The first-order chi connectivity index (χ1) is 19.9. The predicted octanol–water partition coefficient (Wildman–Crippen LogP) is 5.84. The topological polar surface area (TPSA) is 115 Å². The number of rotatable bonds is 6. The molecule has 4 aromatic rings. The van der Waals surface area contributed by atoms with Crippen molar-refractivity contribution < 1.29 is 14.8 Å². The minimum Gasteiger partial charge on any atom is -0.494 e. The van der Waals surface area contributed by atoms with Crippen molar-refractivity contribution in [3.8, 4) is 5.88 Å². The molecule has 0 radical (unpaired) electrons. The first kappa shape index (κ1) is 26.7. The first-order valence-corrected chi connectivity index (χ1v) is 14.1. The van der Waals surface area contributed by atoms with Crippen LogP contribution in [0.25, 0.3) is 10.9 Å². The fourth-order valence-electron chi connectivity index (χ4n) is 5.93. The van der Waals surface area contributed by atoms with E-state index in [9.17, 15) is 20.0 Å². The van der Waals surface area contributed by atoms with Crippen LogP contribution >= 0.6 is 0 Å². The number of carbonyl (C=O) groups excluding carboxylic acids is 1. The van der Waals surface area contributed by atoms with Gasteiger partial charge in [0.2, 0.25) is 5.91 Å². The zero-order valence-electron chi connectivity index (χ0n) is 23.1. The van der Waals surface area contributed by atoms with Gasteiger partial charge < -0.3 is 15.0 Å². The lowest BCUT2D eigenvalue weighted by Gasteiger charge is -2.28. The Bertz CT molecular complexity index is 1650. The van der Waals surface area contributed by atoms with E-state index < -0.39 is 4.92 Å². The molecule has 9 heteroatoms. The molecule has 1 fully saturated rings. The summed E-state index contributed by atoms with van der Waals surface area (Å²) >= 11 is 0. The van der Waals surface area contributed by atoms with Crippen molar-refractivity contribution in [2.45, 2.75) is 45.7 Å². The van der Waals surface area contributed by atoms with Crippen LogP contribution in [-0.2, 0) is 24.3 Å². The van der Waals surface area contributed by atoms with Gasteiger partial charge in [-0.3, -0.25) is 19.8 Å². The quantitative estimate of drug-likeness (QED) is 0.177. The van der Waals surface area contributed by atoms with Crippen molar-refractivity contribution in [1.82, 2.24) is 14.8 Å². The van der Waals surface area contributed by atoms with Crippen molar-refractivity contribution in [2.75, 3.05) is 19.6 Å². The molecule has 6 rings (SSSR count). The van der Waals surface area contributed by atoms with E-state index >= 15 is 0 Å². The molecule has 2 N–H and O–H groups in total. The summed E-state index contributed by atoms with van der Waals surface area (Å²) < 4.78 is 0. The van der Waals surface area contributed by atoms with Crippen molar-refractivity contribution in [1.29, 1.82) is 0 Å². The molecule has 1 saturated heterocycles. The summed E-state index contributed by atoms with van der Waals surface area (Å²) in [6.45, 7) is 5.93. The van der Waals surface area contributed by atoms with Crippen LogP contribution in [0.15, 0.2) is 65.7 Å². The number of likely N-dealkylation sites (tertiary alicyclic amines) is 1. The molecule has 41 heavy (non-hydrogen) atoms. The average Bonchev–Trinajstić information content (AvgIpc) is 3.31. The first-order valence-electron chi connectivity index (χ1n) is 14.1. The molecule has 1 aromatic heterocycles. The van der Waals surface area contributed by atoms with Gasteiger partial charge in [0, 0.05) is 55.2 Å². The molecule has 9 nitrogen and oxygen atoms in total. The number of nitrogens with zero attached hydrogens (tertiary/aromatic N) is 4. The number of amides is 1. The molecule has 0 aliphatic carbocycles. The Balaban J connectivity index is 1.42. The Morgan fingerprint density at radius 2 is 1.78 bits per heavy atom. The zero-order valence-corrected chi connectivity index (χ0v) is 23.1. The number of aromatic hydroxyl groups is 1. The second kappa shape index (κ2) is 11.2. The van der Waals surface area contributed by atoms with Gasteiger partial charge in [-0.1, -0.05) is 36.8 Å². The van der Waals surface area contributed by atoms with Crippen molar-refractivity contribution in [3.63, 3.8) is 0 Å². The molecule has 2 aliphatic rings. The van der Waals surface area contributed by atoms with Crippen molar-refractivity contribution >= 4 is 33.9 Å². The third-order valence-electron chi connectivity index (χ3n) is 8.18. The van der Waals surface area contributed by atoms with Crippen LogP contribution in [0.2, 0.25) is 0 Å². The van der Waals surface area contributed by atoms with Gasteiger partial charge in [-0.2, -0.15) is 0 Å². The lowest BCUT2D eigenvalue weighted by molar-refractivity contribution is -0.384. The normalized spacial score (nSPS) is 16.1. The molecule has 0 saturated carbocycles. The van der Waals surface area contributed by atoms with Crippen LogP contribution in [0.3, 0.4) is 0 Å². The molecular weight excluding hydrogens is 518 g/mol. The molecular formula is C32H33N5O4. The third kappa shape index (κ3) is 5.58. The summed E-state index contributed by atoms with van der Waals surface area (Å²) in [7, 11) is 0. The number of hydrogen-bond donors (Lipinski definition) is 2. The highest BCUT2D eigenvalue weighted by atomic mass is 16.6. The Hall–Kier alpha value is -4.50. The summed E-state index contributed by atoms with van der Waals surface area (Å²) in [5.74, 6) is -0.0284. The van der Waals surface area contributed by atoms with Gasteiger partial charge in [0.15, 0.2) is 5.88 Å². The highest BCUT2D eigenvalue weighted by molar-refractivity contribution is 6.22. The van der Waals surface area contributed by atoms with E-state index in [4.69, 9.17) is 4.99 Å². The number of aliphatic imine (C=N–C) groups is 1. The maximum Gasteiger partial charge on any atom is 0.270 e. The number of carbonyl (C=O) groups is 1. The number of non-ortho nitro benzene ring substituents is 1. The van der Waals surface area contributed by atoms with Gasteiger partial charge in [-0.25, -0.2) is 4.99 Å². The predicted molar refractivity (Wildman–Crippen MR) is 159 cm³/mol. The molecule has 210 valence electrons. The molecule has 3 aromatic carbocycles. The SMILES string of the molecule is CC(=O)N1CCc2cc(N=C(c3ccc(CN4CCCCC4)cc3)c3c(O)[nH]c4ccc([N+](=O)[O-])cc34)ccc2C1. The minimum absolute atomic E-state index is 0.0576. The zero-order chi connectivity index (χ0) is 28.5. The van der Waals surface area contributed by atoms with Gasteiger partial charge >= 0.3 is 0 Å². The third-order valence-corrected chi connectivity index (χ3v) is 8.18. The van der Waals surface area contributed by atoms with E-state index in [1.54, 1.807) is 13.0 Å². The van der Waals surface area contributed by atoms with Crippen LogP contribution in [0.1, 0.15) is 54.0 Å². The largest absolute Gasteiger partial charge is 0.494 e. The molecule has 0 unspecified atom stereocenters. The fourth-order valence-corrected chi connectivity index (χ4v) is 5.93. The van der Waals surface area contributed by atoms with E-state index in [1.165, 1.54) is 37.0 Å². The Morgan fingerprint density at radius 1 is 1.00 bits per heavy atom. The highest BCUT2D eigenvalue weighted by Gasteiger charge is 2.22. The molecule has 0 bridgehead atoms. The number of H-pyrrole nitrogens is 1. The summed E-state index contributed by atoms with van der Waals surface area (Å²) in [6.07, 6.45) is 4.49. The van der Waals surface area contributed by atoms with E-state index in [2.05, 4.69) is 22.0 Å². The smallest absolute Gasteiger partial charge is 0.270 e. The van der Waals surface area contributed by atoms with Gasteiger partial charge in [-0.05, 0) is 67.2 Å². The van der Waals surface area contributed by atoms with Gasteiger partial charge in [-0.15, -0.1) is 0 Å². The van der Waals surface area contributed by atoms with Crippen LogP contribution in [0.5, 0.6) is 5.88 Å². The monoisotopic (exact) mass is 551 g/mol. The number of nitro benzene ring substituents is 1. The van der Waals surface area contributed by atoms with Crippen molar-refractivity contribution in [3.05, 3.63) is 98.6 Å². The number of aromatic nitrogens is 1. The van der Waals surface area contributed by atoms with Crippen molar-refractivity contribution in [2.24, 2.45) is 4.99 Å². The van der Waals surface area contributed by atoms with Crippen LogP contribution < -0.4 is 0 Å². The average molecular weight is 552 g/mol. The fraction of sp³-hybridized carbons (Fsp3) is 0.312. The molecule has 0 atom stereocenters. The number of hydrogen-bond acceptors (Lipinski definition) is 6. The van der Waals surface area contributed by atoms with E-state index in [-0.39, 0.29) is 17.5 Å². The molecule has 2 aliphatic heterocycles. The number of nitrogens with one attached hydrogen (secondary N) is 1. The summed E-state index contributed by atoms with van der Waals surface area (Å²) in [4.78, 5) is 35.3. The number of piperidine rings is 1. The van der Waals surface area contributed by atoms with Gasteiger partial charge in [0.05, 0.1) is 21.9 Å². The Kier molecular flexibility index (Phi) is 7.28. The maximum absolute atomic E-state index is 11.9. The van der Waals surface area contributed by atoms with E-state index in [1.807, 2.05) is 35.2 Å². The number of aromatic amines is 1. The maximum atomic E-state index is 11.9. The summed E-state index contributed by atoms with van der Waals surface area (Å²) in [5, 5.41) is 23.2. The van der Waals surface area contributed by atoms with Crippen LogP contribution in [0, 0.1) is 10.1 Å². The minimum atomic E-state index is -0.437. The Labute approximate surface area is 238 Å². The highest BCUT2D eigenvalue weighted by Crippen LogP contribution is 2.34. The summed E-state index contributed by atoms with van der Waals surface area (Å²) in [6, 6.07) is 18.7. The number of fused-ring (bicyclic) bond motifs is 2. The Morgan fingerprint density at radius 3 is 2.51 bits per heavy atom. The number of nitro groups is 1. The van der Waals surface area contributed by atoms with E-state index in [0.717, 1.165) is 42.7 Å². The van der Waals surface area contributed by atoms with E-state index in [0.29, 0.717) is 41.0 Å². The lowest BCUT2D eigenvalue weighted by Crippen LogP contribution is -2.34. The van der Waals surface area contributed by atoms with Crippen LogP contribution in [0.4, 0.5) is 11.4 Å². The lowest BCUT2D eigenvalue weighted by atomic mass is 9.97. The van der Waals surface area contributed by atoms with Gasteiger partial charge in [0.1, 0.15) is 0 Å². The molecule has 1 amide bonds. The molecule has 3 heterocycles. The second-order valence-electron chi connectivity index (χ2n) is 11.0. The molecule has 0 spiro atoms. The second-order valence-corrected chi connectivity index (χ2v) is 11.0. The van der Waals surface area contributed by atoms with Crippen LogP contribution in [-0.4, -0.2) is 56.1 Å². The number of benzene rings is 3. The summed E-state index contributed by atoms with van der Waals surface area (Å²) in [5.41, 5.74) is 6.44. The van der Waals surface area contributed by atoms with Gasteiger partial charge in [0.25, 0.3) is 5.69 Å².